The van der Waals surface area contributed by atoms with Crippen LogP contribution in [-0.2, 0) is 32.7 Å². The first-order valence-corrected chi connectivity index (χ1v) is 27.7. The van der Waals surface area contributed by atoms with Crippen molar-refractivity contribution in [2.24, 2.45) is 0 Å². The number of aliphatic hydroxyl groups excluding tert-OH is 1. The Morgan fingerprint density at radius 2 is 0.825 bits per heavy atom. The van der Waals surface area contributed by atoms with Gasteiger partial charge in [0.25, 0.3) is 0 Å². The Kier molecular flexibility index (Phi) is 45.4. The van der Waals surface area contributed by atoms with E-state index in [0.717, 1.165) is 57.8 Å². The molecule has 3 unspecified atom stereocenters. The van der Waals surface area contributed by atoms with Crippen molar-refractivity contribution in [1.29, 1.82) is 0 Å². The molecule has 1 amide bonds. The summed E-state index contributed by atoms with van der Waals surface area (Å²) in [5.74, 6) is -2.37. The number of hydrogen-bond donors (Lipinski definition) is 4. The van der Waals surface area contributed by atoms with Crippen molar-refractivity contribution in [2.75, 3.05) is 19.8 Å². The van der Waals surface area contributed by atoms with Gasteiger partial charge in [-0.05, 0) is 38.5 Å². The van der Waals surface area contributed by atoms with E-state index < -0.39 is 57.6 Å². The van der Waals surface area contributed by atoms with Crippen molar-refractivity contribution >= 4 is 25.7 Å². The van der Waals surface area contributed by atoms with Crippen LogP contribution in [0.4, 0.5) is 0 Å². The molecule has 0 rings (SSSR count). The highest BCUT2D eigenvalue weighted by Crippen LogP contribution is 2.43. The normalized spacial score (nSPS) is 13.6. The summed E-state index contributed by atoms with van der Waals surface area (Å²) in [5.41, 5.74) is 0. The van der Waals surface area contributed by atoms with Crippen LogP contribution < -0.4 is 5.32 Å². The second-order valence-electron chi connectivity index (χ2n) is 18.1. The second kappa shape index (κ2) is 46.7. The molecule has 11 nitrogen and oxygen atoms in total. The molecule has 0 saturated heterocycles. The molecule has 0 aromatic rings. The molecular formula is C51H98NO10P. The smallest absolute Gasteiger partial charge is 0.472 e. The van der Waals surface area contributed by atoms with E-state index in [-0.39, 0.29) is 12.8 Å². The number of nitrogens with one attached hydrogen (secondary N) is 1. The molecule has 0 spiro atoms. The summed E-state index contributed by atoms with van der Waals surface area (Å²) < 4.78 is 27.0. The molecule has 0 aliphatic rings. The standard InChI is InChI=1S/C51H98NO10P/c1-3-5-7-9-11-13-15-17-19-21-22-23-24-25-26-27-29-31-33-35-37-39-41-43-50(55)60-44-47(53)45-61-63(58,59)62-46-48(51(56)57)52-49(54)42-40-38-36-34-32-30-28-20-18-16-14-12-10-8-6-4-2/h20,28,47-48,53H,3-19,21-27,29-46H2,1-2H3,(H,52,54)(H,56,57)(H,58,59)/b28-20-. The summed E-state index contributed by atoms with van der Waals surface area (Å²) in [6.45, 7) is 2.64. The predicted octanol–water partition coefficient (Wildman–Crippen LogP) is 14.4. The third kappa shape index (κ3) is 46.5. The highest BCUT2D eigenvalue weighted by molar-refractivity contribution is 7.47. The SMILES string of the molecule is CCCCCCCCC/C=C\CCCCCCCC(=O)NC(COP(=O)(O)OCC(O)COC(=O)CCCCCCCCCCCCCCCCCCCCCCCCC)C(=O)O. The molecule has 0 aliphatic carbocycles. The van der Waals surface area contributed by atoms with Crippen LogP contribution in [0, 0.1) is 0 Å². The van der Waals surface area contributed by atoms with Gasteiger partial charge in [0.15, 0.2) is 6.04 Å². The first-order valence-electron chi connectivity index (χ1n) is 26.2. The minimum atomic E-state index is -4.76. The van der Waals surface area contributed by atoms with Crippen LogP contribution in [0.25, 0.3) is 0 Å². The van der Waals surface area contributed by atoms with Gasteiger partial charge in [-0.2, -0.15) is 0 Å². The Balaban J connectivity index is 3.76. The van der Waals surface area contributed by atoms with Crippen molar-refractivity contribution in [3.8, 4) is 0 Å². The number of carboxylic acids is 1. The third-order valence-corrected chi connectivity index (χ3v) is 12.8. The molecular weight excluding hydrogens is 818 g/mol. The number of rotatable bonds is 50. The Hall–Kier alpha value is -1.78. The molecule has 0 radical (unpaired) electrons. The number of unbranched alkanes of at least 4 members (excludes halogenated alkanes) is 34. The van der Waals surface area contributed by atoms with Gasteiger partial charge in [-0.25, -0.2) is 9.36 Å². The zero-order valence-electron chi connectivity index (χ0n) is 40.7. The average molecular weight is 916 g/mol. The first-order chi connectivity index (χ1) is 30.6. The van der Waals surface area contributed by atoms with E-state index in [1.165, 1.54) is 167 Å². The van der Waals surface area contributed by atoms with Gasteiger partial charge in [-0.15, -0.1) is 0 Å². The van der Waals surface area contributed by atoms with Gasteiger partial charge in [0.2, 0.25) is 5.91 Å². The predicted molar refractivity (Wildman–Crippen MR) is 259 cm³/mol. The fourth-order valence-corrected chi connectivity index (χ4v) is 8.50. The maximum absolute atomic E-state index is 12.3. The molecule has 0 fully saturated rings. The number of carboxylic acid groups (broad SMARTS) is 1. The van der Waals surface area contributed by atoms with E-state index >= 15 is 0 Å². The highest BCUT2D eigenvalue weighted by atomic mass is 31.2. The lowest BCUT2D eigenvalue weighted by molar-refractivity contribution is -0.147. The molecule has 0 aromatic heterocycles. The van der Waals surface area contributed by atoms with E-state index in [2.05, 4.69) is 31.3 Å². The third-order valence-electron chi connectivity index (χ3n) is 11.8. The number of phosphoric ester groups is 1. The molecule has 372 valence electrons. The lowest BCUT2D eigenvalue weighted by Gasteiger charge is -2.18. The number of aliphatic hydroxyl groups is 1. The number of carbonyl (C=O) groups excluding carboxylic acids is 2. The van der Waals surface area contributed by atoms with Crippen LogP contribution in [0.3, 0.4) is 0 Å². The molecule has 0 saturated carbocycles. The number of allylic oxidation sites excluding steroid dienone is 2. The Morgan fingerprint density at radius 1 is 0.492 bits per heavy atom. The zero-order chi connectivity index (χ0) is 46.3. The van der Waals surface area contributed by atoms with Gasteiger partial charge >= 0.3 is 19.8 Å². The Labute approximate surface area is 386 Å². The number of ether oxygens (including phenoxy) is 1. The Bertz CT molecular complexity index is 1120. The van der Waals surface area contributed by atoms with E-state index in [0.29, 0.717) is 12.8 Å². The van der Waals surface area contributed by atoms with Crippen LogP contribution in [0.15, 0.2) is 12.2 Å². The van der Waals surface area contributed by atoms with Crippen molar-refractivity contribution in [3.05, 3.63) is 12.2 Å². The number of esters is 1. The largest absolute Gasteiger partial charge is 0.480 e. The van der Waals surface area contributed by atoms with Crippen molar-refractivity contribution < 1.29 is 47.8 Å². The fourth-order valence-electron chi connectivity index (χ4n) is 7.72. The highest BCUT2D eigenvalue weighted by Gasteiger charge is 2.28. The molecule has 3 atom stereocenters. The van der Waals surface area contributed by atoms with Crippen molar-refractivity contribution in [2.45, 2.75) is 276 Å². The maximum Gasteiger partial charge on any atom is 0.472 e. The van der Waals surface area contributed by atoms with Crippen LogP contribution in [0.2, 0.25) is 0 Å². The molecule has 63 heavy (non-hydrogen) atoms. The van der Waals surface area contributed by atoms with Crippen molar-refractivity contribution in [3.63, 3.8) is 0 Å². The average Bonchev–Trinajstić information content (AvgIpc) is 3.26. The van der Waals surface area contributed by atoms with E-state index in [1.807, 2.05) is 0 Å². The fraction of sp³-hybridized carbons (Fsp3) is 0.902. The Morgan fingerprint density at radius 3 is 1.21 bits per heavy atom. The van der Waals surface area contributed by atoms with Crippen LogP contribution in [0.5, 0.6) is 0 Å². The lowest BCUT2D eigenvalue weighted by Crippen LogP contribution is -2.43. The van der Waals surface area contributed by atoms with Gasteiger partial charge in [-0.1, -0.05) is 225 Å². The molecule has 4 N–H and O–H groups in total. The first kappa shape index (κ1) is 61.2. The number of carbonyl (C=O) groups is 3. The number of amides is 1. The molecule has 0 aliphatic heterocycles. The second-order valence-corrected chi connectivity index (χ2v) is 19.5. The molecule has 0 bridgehead atoms. The number of hydrogen-bond acceptors (Lipinski definition) is 8. The summed E-state index contributed by atoms with van der Waals surface area (Å²) in [5, 5.41) is 21.9. The molecule has 0 aromatic carbocycles. The maximum atomic E-state index is 12.3. The van der Waals surface area contributed by atoms with Crippen LogP contribution in [-0.4, -0.2) is 64.9 Å². The number of phosphoric acid groups is 1. The summed E-state index contributed by atoms with van der Waals surface area (Å²) in [6.07, 6.45) is 49.6. The topological polar surface area (TPSA) is 169 Å². The van der Waals surface area contributed by atoms with E-state index in [9.17, 15) is 34.1 Å². The van der Waals surface area contributed by atoms with Gasteiger partial charge in [0.05, 0.1) is 13.2 Å². The minimum Gasteiger partial charge on any atom is -0.480 e. The summed E-state index contributed by atoms with van der Waals surface area (Å²) in [7, 11) is -4.76. The van der Waals surface area contributed by atoms with Gasteiger partial charge in [-0.3, -0.25) is 18.6 Å². The number of aliphatic carboxylic acids is 1. The quantitative estimate of drug-likeness (QED) is 0.0199. The molecule has 0 heterocycles. The van der Waals surface area contributed by atoms with Gasteiger partial charge in [0, 0.05) is 12.8 Å². The summed E-state index contributed by atoms with van der Waals surface area (Å²) >= 11 is 0. The zero-order valence-corrected chi connectivity index (χ0v) is 41.5. The monoisotopic (exact) mass is 916 g/mol. The van der Waals surface area contributed by atoms with Gasteiger partial charge in [0.1, 0.15) is 12.7 Å². The summed E-state index contributed by atoms with van der Waals surface area (Å²) in [4.78, 5) is 46.1. The van der Waals surface area contributed by atoms with E-state index in [4.69, 9.17) is 13.8 Å². The van der Waals surface area contributed by atoms with Crippen molar-refractivity contribution in [1.82, 2.24) is 5.32 Å². The van der Waals surface area contributed by atoms with Crippen LogP contribution in [0.1, 0.15) is 264 Å². The van der Waals surface area contributed by atoms with Crippen LogP contribution >= 0.6 is 7.82 Å². The minimum absolute atomic E-state index is 0.139. The molecule has 12 heteroatoms. The van der Waals surface area contributed by atoms with Gasteiger partial charge < -0.3 is 25.2 Å². The lowest BCUT2D eigenvalue weighted by atomic mass is 10.0. The van der Waals surface area contributed by atoms with E-state index in [1.54, 1.807) is 0 Å². The summed E-state index contributed by atoms with van der Waals surface area (Å²) in [6, 6.07) is -1.55.